The summed E-state index contributed by atoms with van der Waals surface area (Å²) in [6.45, 7) is 0.294. The number of pyridine rings is 1. The van der Waals surface area contributed by atoms with Crippen LogP contribution in [0, 0.1) is 11.3 Å². The fourth-order valence-electron chi connectivity index (χ4n) is 2.27. The Kier molecular flexibility index (Phi) is 5.41. The third-order valence-electron chi connectivity index (χ3n) is 3.42. The molecular weight excluding hydrogens is 404 g/mol. The van der Waals surface area contributed by atoms with Gasteiger partial charge in [0.1, 0.15) is 22.4 Å². The van der Waals surface area contributed by atoms with Crippen molar-refractivity contribution in [2.75, 3.05) is 4.90 Å². The Morgan fingerprint density at radius 3 is 2.44 bits per heavy atom. The first-order valence-electron chi connectivity index (χ1n) is 7.02. The molecule has 2 aromatic heterocycles. The number of hydrogen-bond donors (Lipinski definition) is 0. The quantitative estimate of drug-likeness (QED) is 0.459. The van der Waals surface area contributed by atoms with Crippen molar-refractivity contribution in [3.8, 4) is 6.07 Å². The molecule has 8 heteroatoms. The summed E-state index contributed by atoms with van der Waals surface area (Å²) in [5.74, 6) is 0.939. The molecule has 0 saturated carbocycles. The fraction of sp³-hybridized carbons (Fsp3) is 0.0588. The van der Waals surface area contributed by atoms with E-state index < -0.39 is 0 Å². The lowest BCUT2D eigenvalue weighted by Crippen LogP contribution is -2.19. The summed E-state index contributed by atoms with van der Waals surface area (Å²) < 4.78 is 5.42. The van der Waals surface area contributed by atoms with Gasteiger partial charge in [-0.1, -0.05) is 58.5 Å². The lowest BCUT2D eigenvalue weighted by Gasteiger charge is -2.25. The first kappa shape index (κ1) is 17.9. The molecule has 0 aliphatic rings. The molecule has 0 saturated heterocycles. The van der Waals surface area contributed by atoms with Crippen LogP contribution in [0.15, 0.2) is 47.1 Å². The zero-order chi connectivity index (χ0) is 18.0. The van der Waals surface area contributed by atoms with Crippen molar-refractivity contribution in [3.05, 3.63) is 74.2 Å². The number of benzene rings is 1. The zero-order valence-corrected chi connectivity index (χ0v) is 15.5. The SMILES string of the molecule is N#Cc1c(Cl)nc(N(Cc2ccco2)c2ccccc2Cl)c(Cl)c1Cl. The topological polar surface area (TPSA) is 53.1 Å². The molecule has 0 spiro atoms. The van der Waals surface area contributed by atoms with Gasteiger partial charge in [-0.2, -0.15) is 5.26 Å². The van der Waals surface area contributed by atoms with E-state index >= 15 is 0 Å². The predicted molar refractivity (Wildman–Crippen MR) is 100.0 cm³/mol. The summed E-state index contributed by atoms with van der Waals surface area (Å²) in [7, 11) is 0. The van der Waals surface area contributed by atoms with Gasteiger partial charge in [-0.25, -0.2) is 4.98 Å². The number of rotatable bonds is 4. The minimum absolute atomic E-state index is 0.0224. The third kappa shape index (κ3) is 3.56. The van der Waals surface area contributed by atoms with Crippen molar-refractivity contribution >= 4 is 57.9 Å². The lowest BCUT2D eigenvalue weighted by atomic mass is 10.2. The van der Waals surface area contributed by atoms with Gasteiger partial charge in [-0.15, -0.1) is 0 Å². The largest absolute Gasteiger partial charge is 0.467 e. The van der Waals surface area contributed by atoms with E-state index in [0.717, 1.165) is 0 Å². The van der Waals surface area contributed by atoms with E-state index in [1.807, 2.05) is 30.3 Å². The average Bonchev–Trinajstić information content (AvgIpc) is 3.11. The van der Waals surface area contributed by atoms with E-state index in [4.69, 9.17) is 56.1 Å². The maximum Gasteiger partial charge on any atom is 0.155 e. The molecule has 4 nitrogen and oxygen atoms in total. The van der Waals surface area contributed by atoms with Crippen molar-refractivity contribution in [3.63, 3.8) is 0 Å². The highest BCUT2D eigenvalue weighted by atomic mass is 35.5. The van der Waals surface area contributed by atoms with Gasteiger partial charge >= 0.3 is 0 Å². The number of anilines is 2. The second kappa shape index (κ2) is 7.55. The van der Waals surface area contributed by atoms with Crippen LogP contribution in [-0.2, 0) is 6.54 Å². The molecule has 2 heterocycles. The number of para-hydroxylation sites is 1. The Labute approximate surface area is 164 Å². The maximum atomic E-state index is 9.15. The molecule has 0 radical (unpaired) electrons. The Hall–Kier alpha value is -1.90. The van der Waals surface area contributed by atoms with Gasteiger partial charge in [0.15, 0.2) is 11.0 Å². The first-order valence-corrected chi connectivity index (χ1v) is 8.53. The molecular formula is C17H9Cl4N3O. The first-order chi connectivity index (χ1) is 12.0. The molecule has 0 amide bonds. The summed E-state index contributed by atoms with van der Waals surface area (Å²) in [5, 5.41) is 9.75. The van der Waals surface area contributed by atoms with E-state index in [1.54, 1.807) is 23.3 Å². The smallest absolute Gasteiger partial charge is 0.155 e. The minimum atomic E-state index is -0.0385. The third-order valence-corrected chi connectivity index (χ3v) is 4.85. The molecule has 25 heavy (non-hydrogen) atoms. The molecule has 0 aliphatic heterocycles. The number of furan rings is 1. The summed E-state index contributed by atoms with van der Waals surface area (Å²) in [6.07, 6.45) is 1.56. The van der Waals surface area contributed by atoms with Crippen molar-refractivity contribution < 1.29 is 4.42 Å². The summed E-state index contributed by atoms with van der Waals surface area (Å²) in [4.78, 5) is 5.98. The van der Waals surface area contributed by atoms with Gasteiger partial charge in [0.2, 0.25) is 0 Å². The monoisotopic (exact) mass is 411 g/mol. The van der Waals surface area contributed by atoms with Crippen LogP contribution < -0.4 is 4.90 Å². The van der Waals surface area contributed by atoms with E-state index in [1.165, 1.54) is 0 Å². The molecule has 3 aromatic rings. The maximum absolute atomic E-state index is 9.15. The highest BCUT2D eigenvalue weighted by Crippen LogP contribution is 2.41. The molecule has 126 valence electrons. The standard InChI is InChI=1S/C17H9Cl4N3O/c18-12-5-1-2-6-13(12)24(9-10-4-3-7-25-10)17-15(20)14(19)11(8-22)16(21)23-17/h1-7H,9H2. The summed E-state index contributed by atoms with van der Waals surface area (Å²) >= 11 is 25.0. The molecule has 1 aromatic carbocycles. The van der Waals surface area contributed by atoms with Crippen LogP contribution in [-0.4, -0.2) is 4.98 Å². The van der Waals surface area contributed by atoms with Crippen LogP contribution >= 0.6 is 46.4 Å². The normalized spacial score (nSPS) is 10.5. The van der Waals surface area contributed by atoms with Crippen molar-refractivity contribution in [1.29, 1.82) is 5.26 Å². The second-order valence-electron chi connectivity index (χ2n) is 4.96. The number of nitrogens with zero attached hydrogens (tertiary/aromatic N) is 3. The van der Waals surface area contributed by atoms with Crippen LogP contribution in [0.5, 0.6) is 0 Å². The zero-order valence-electron chi connectivity index (χ0n) is 12.5. The Bertz CT molecular complexity index is 951. The molecule has 0 N–H and O–H groups in total. The van der Waals surface area contributed by atoms with E-state index in [9.17, 15) is 0 Å². The highest BCUT2D eigenvalue weighted by molar-refractivity contribution is 6.45. The van der Waals surface area contributed by atoms with Crippen LogP contribution in [0.2, 0.25) is 20.2 Å². The molecule has 0 unspecified atom stereocenters. The van der Waals surface area contributed by atoms with E-state index in [0.29, 0.717) is 23.0 Å². The van der Waals surface area contributed by atoms with Crippen LogP contribution in [0.4, 0.5) is 11.5 Å². The molecule has 0 atom stereocenters. The van der Waals surface area contributed by atoms with Gasteiger partial charge < -0.3 is 9.32 Å². The van der Waals surface area contributed by atoms with Crippen LogP contribution in [0.1, 0.15) is 11.3 Å². The highest BCUT2D eigenvalue weighted by Gasteiger charge is 2.23. The van der Waals surface area contributed by atoms with Crippen LogP contribution in [0.25, 0.3) is 0 Å². The fourth-order valence-corrected chi connectivity index (χ4v) is 3.23. The summed E-state index contributed by atoms with van der Waals surface area (Å²) in [6, 6.07) is 12.7. The second-order valence-corrected chi connectivity index (χ2v) is 6.48. The van der Waals surface area contributed by atoms with Crippen molar-refractivity contribution in [2.24, 2.45) is 0 Å². The Morgan fingerprint density at radius 1 is 1.04 bits per heavy atom. The summed E-state index contributed by atoms with van der Waals surface area (Å²) in [5.41, 5.74) is 0.668. The number of hydrogen-bond acceptors (Lipinski definition) is 4. The van der Waals surface area contributed by atoms with E-state index in [-0.39, 0.29) is 26.6 Å². The molecule has 0 fully saturated rings. The van der Waals surface area contributed by atoms with Gasteiger partial charge in [0.25, 0.3) is 0 Å². The Balaban J connectivity index is 2.19. The van der Waals surface area contributed by atoms with Gasteiger partial charge in [-0.05, 0) is 24.3 Å². The van der Waals surface area contributed by atoms with Crippen molar-refractivity contribution in [2.45, 2.75) is 6.54 Å². The molecule has 0 bridgehead atoms. The average molecular weight is 413 g/mol. The Morgan fingerprint density at radius 2 is 1.80 bits per heavy atom. The number of nitriles is 1. The van der Waals surface area contributed by atoms with Gasteiger partial charge in [-0.3, -0.25) is 0 Å². The van der Waals surface area contributed by atoms with Gasteiger partial charge in [0.05, 0.1) is 28.5 Å². The molecule has 0 aliphatic carbocycles. The number of halogens is 4. The van der Waals surface area contributed by atoms with Crippen molar-refractivity contribution in [1.82, 2.24) is 4.98 Å². The number of aromatic nitrogens is 1. The van der Waals surface area contributed by atoms with Gasteiger partial charge in [0, 0.05) is 0 Å². The predicted octanol–water partition coefficient (Wildman–Crippen LogP) is 6.50. The molecule has 3 rings (SSSR count). The minimum Gasteiger partial charge on any atom is -0.467 e. The van der Waals surface area contributed by atoms with Crippen LogP contribution in [0.3, 0.4) is 0 Å². The van der Waals surface area contributed by atoms with E-state index in [2.05, 4.69) is 4.98 Å². The lowest BCUT2D eigenvalue weighted by molar-refractivity contribution is 0.510.